The van der Waals surface area contributed by atoms with Crippen molar-refractivity contribution in [1.29, 1.82) is 0 Å². The van der Waals surface area contributed by atoms with E-state index in [0.29, 0.717) is 0 Å². The van der Waals surface area contributed by atoms with Crippen molar-refractivity contribution in [2.75, 3.05) is 0 Å². The fraction of sp³-hybridized carbons (Fsp3) is 0.250. The van der Waals surface area contributed by atoms with Crippen LogP contribution in [0.5, 0.6) is 0 Å². The second-order valence-electron chi connectivity index (χ2n) is 1.15. The Kier molecular flexibility index (Phi) is 14.9. The summed E-state index contributed by atoms with van der Waals surface area (Å²) >= 11 is 0. The van der Waals surface area contributed by atoms with Crippen LogP contribution in [0, 0.1) is 0 Å². The van der Waals surface area contributed by atoms with Crippen molar-refractivity contribution in [1.82, 2.24) is 0 Å². The number of hydrogen-bond donors (Lipinski definition) is 0. The van der Waals surface area contributed by atoms with Gasteiger partial charge in [0.15, 0.2) is 0 Å². The molecule has 47 valence electrons. The predicted octanol–water partition coefficient (Wildman–Crippen LogP) is 2.71. The maximum atomic E-state index is 2.00. The molecular formula is C8H12Y. The largest absolute Gasteiger partial charge is 0.0683 e. The molecule has 0 saturated heterocycles. The van der Waals surface area contributed by atoms with Crippen LogP contribution in [0.15, 0.2) is 36.4 Å². The molecule has 1 heteroatoms. The van der Waals surface area contributed by atoms with Gasteiger partial charge in [-0.25, -0.2) is 0 Å². The van der Waals surface area contributed by atoms with Gasteiger partial charge in [-0.1, -0.05) is 50.2 Å². The van der Waals surface area contributed by atoms with Crippen LogP contribution in [-0.2, 0) is 32.7 Å². The molecule has 1 radical (unpaired) electrons. The molecule has 1 rings (SSSR count). The maximum Gasteiger partial charge on any atom is 0 e. The SMILES string of the molecule is CC.[Y].c1ccccc1. The van der Waals surface area contributed by atoms with Crippen molar-refractivity contribution >= 4 is 0 Å². The first kappa shape index (κ1) is 12.0. The molecule has 0 saturated carbocycles. The first-order valence-corrected chi connectivity index (χ1v) is 3.00. The molecule has 0 bridgehead atoms. The van der Waals surface area contributed by atoms with Crippen molar-refractivity contribution in [3.8, 4) is 0 Å². The Hall–Kier alpha value is 0.324. The van der Waals surface area contributed by atoms with Gasteiger partial charge < -0.3 is 0 Å². The average molecular weight is 197 g/mol. The summed E-state index contributed by atoms with van der Waals surface area (Å²) in [6.45, 7) is 4.00. The van der Waals surface area contributed by atoms with E-state index in [1.807, 2.05) is 50.2 Å². The zero-order valence-electron chi connectivity index (χ0n) is 6.04. The molecule has 0 heterocycles. The quantitative estimate of drug-likeness (QED) is 0.599. The topological polar surface area (TPSA) is 0 Å². The summed E-state index contributed by atoms with van der Waals surface area (Å²) in [4.78, 5) is 0. The first-order valence-electron chi connectivity index (χ1n) is 3.00. The van der Waals surface area contributed by atoms with Gasteiger partial charge in [0.25, 0.3) is 0 Å². The smallest absolute Gasteiger partial charge is 0 e. The summed E-state index contributed by atoms with van der Waals surface area (Å²) in [5.74, 6) is 0. The first-order chi connectivity index (χ1) is 4.00. The second kappa shape index (κ2) is 11.2. The van der Waals surface area contributed by atoms with Crippen LogP contribution in [-0.4, -0.2) is 0 Å². The van der Waals surface area contributed by atoms with Gasteiger partial charge in [-0.15, -0.1) is 0 Å². The Bertz CT molecular complexity index is 76.5. The molecule has 0 fully saturated rings. The van der Waals surface area contributed by atoms with Gasteiger partial charge in [-0.2, -0.15) is 0 Å². The van der Waals surface area contributed by atoms with Crippen LogP contribution in [0.25, 0.3) is 0 Å². The van der Waals surface area contributed by atoms with Gasteiger partial charge in [0.1, 0.15) is 0 Å². The molecule has 0 atom stereocenters. The van der Waals surface area contributed by atoms with Gasteiger partial charge in [0, 0.05) is 32.7 Å². The molecule has 0 nitrogen and oxygen atoms in total. The maximum absolute atomic E-state index is 2.00. The predicted molar refractivity (Wildman–Crippen MR) is 37.8 cm³/mol. The summed E-state index contributed by atoms with van der Waals surface area (Å²) in [5, 5.41) is 0. The zero-order valence-corrected chi connectivity index (χ0v) is 8.88. The fourth-order valence-corrected chi connectivity index (χ4v) is 0.385. The number of rotatable bonds is 0. The molecule has 0 spiro atoms. The summed E-state index contributed by atoms with van der Waals surface area (Å²) in [7, 11) is 0. The van der Waals surface area contributed by atoms with Crippen LogP contribution in [0.4, 0.5) is 0 Å². The van der Waals surface area contributed by atoms with E-state index < -0.39 is 0 Å². The van der Waals surface area contributed by atoms with Gasteiger partial charge in [-0.05, 0) is 0 Å². The zero-order chi connectivity index (χ0) is 6.24. The molecule has 0 unspecified atom stereocenters. The molecule has 0 amide bonds. The van der Waals surface area contributed by atoms with Crippen molar-refractivity contribution < 1.29 is 32.7 Å². The van der Waals surface area contributed by atoms with Crippen LogP contribution in [0.3, 0.4) is 0 Å². The second-order valence-corrected chi connectivity index (χ2v) is 1.15. The van der Waals surface area contributed by atoms with Gasteiger partial charge in [0.2, 0.25) is 0 Å². The van der Waals surface area contributed by atoms with E-state index in [4.69, 9.17) is 0 Å². The number of benzene rings is 1. The van der Waals surface area contributed by atoms with Crippen molar-refractivity contribution in [2.45, 2.75) is 13.8 Å². The molecule has 0 N–H and O–H groups in total. The molecular weight excluding hydrogens is 185 g/mol. The minimum absolute atomic E-state index is 0. The fourth-order valence-electron chi connectivity index (χ4n) is 0.385. The van der Waals surface area contributed by atoms with Gasteiger partial charge in [0.05, 0.1) is 0 Å². The average Bonchev–Trinajstić information content (AvgIpc) is 1.96. The summed E-state index contributed by atoms with van der Waals surface area (Å²) in [6.07, 6.45) is 0. The molecule has 1 aromatic carbocycles. The summed E-state index contributed by atoms with van der Waals surface area (Å²) in [5.41, 5.74) is 0. The Labute approximate surface area is 82.6 Å². The van der Waals surface area contributed by atoms with Gasteiger partial charge >= 0.3 is 0 Å². The normalized spacial score (nSPS) is 6.00. The summed E-state index contributed by atoms with van der Waals surface area (Å²) < 4.78 is 0. The number of hydrogen-bond acceptors (Lipinski definition) is 0. The third-order valence-electron chi connectivity index (χ3n) is 0.667. The molecule has 1 aromatic rings. The summed E-state index contributed by atoms with van der Waals surface area (Å²) in [6, 6.07) is 12.0. The van der Waals surface area contributed by atoms with E-state index in [2.05, 4.69) is 0 Å². The van der Waals surface area contributed by atoms with E-state index in [1.165, 1.54) is 0 Å². The van der Waals surface area contributed by atoms with E-state index >= 15 is 0 Å². The third-order valence-corrected chi connectivity index (χ3v) is 0.667. The van der Waals surface area contributed by atoms with Crippen LogP contribution < -0.4 is 0 Å². The van der Waals surface area contributed by atoms with E-state index in [0.717, 1.165) is 0 Å². The van der Waals surface area contributed by atoms with Gasteiger partial charge in [-0.3, -0.25) is 0 Å². The van der Waals surface area contributed by atoms with Crippen molar-refractivity contribution in [3.05, 3.63) is 36.4 Å². The monoisotopic (exact) mass is 197 g/mol. The molecule has 0 aliphatic rings. The minimum atomic E-state index is 0. The standard InChI is InChI=1S/C6H6.C2H6.Y/c1-2-4-6-5-3-1;1-2;/h1-6H;1-2H3;. The van der Waals surface area contributed by atoms with E-state index in [9.17, 15) is 0 Å². The van der Waals surface area contributed by atoms with E-state index in [-0.39, 0.29) is 32.7 Å². The molecule has 0 aliphatic carbocycles. The molecule has 0 aromatic heterocycles. The third kappa shape index (κ3) is 8.32. The molecule has 0 aliphatic heterocycles. The minimum Gasteiger partial charge on any atom is -0.0683 e. The van der Waals surface area contributed by atoms with Crippen LogP contribution in [0.2, 0.25) is 0 Å². The Balaban J connectivity index is 0. The van der Waals surface area contributed by atoms with E-state index in [1.54, 1.807) is 0 Å². The van der Waals surface area contributed by atoms with Crippen molar-refractivity contribution in [2.24, 2.45) is 0 Å². The Morgan fingerprint density at radius 1 is 0.556 bits per heavy atom. The van der Waals surface area contributed by atoms with Crippen LogP contribution in [0.1, 0.15) is 13.8 Å². The van der Waals surface area contributed by atoms with Crippen LogP contribution >= 0.6 is 0 Å². The Morgan fingerprint density at radius 2 is 0.667 bits per heavy atom. The molecule has 9 heavy (non-hydrogen) atoms. The van der Waals surface area contributed by atoms with Crippen molar-refractivity contribution in [3.63, 3.8) is 0 Å². The Morgan fingerprint density at radius 3 is 0.778 bits per heavy atom.